The Hall–Kier alpha value is -0.280. The lowest BCUT2D eigenvalue weighted by Gasteiger charge is -2.25. The van der Waals surface area contributed by atoms with Crippen molar-refractivity contribution in [3.05, 3.63) is 0 Å². The second kappa shape index (κ2) is 10.6. The van der Waals surface area contributed by atoms with Crippen molar-refractivity contribution >= 4 is 18.3 Å². The number of nitrogens with one attached hydrogen (secondary N) is 1. The molecule has 0 aromatic heterocycles. The number of carbonyl (C=O) groups is 1. The van der Waals surface area contributed by atoms with Crippen LogP contribution in [0, 0.1) is 11.8 Å². The summed E-state index contributed by atoms with van der Waals surface area (Å²) in [6.45, 7) is 3.31. The van der Waals surface area contributed by atoms with Gasteiger partial charge in [0.05, 0.1) is 0 Å². The molecule has 0 aromatic rings. The third kappa shape index (κ3) is 6.60. The molecule has 1 unspecified atom stereocenters. The third-order valence-electron chi connectivity index (χ3n) is 3.79. The molecule has 0 spiro atoms. The Labute approximate surface area is 118 Å². The lowest BCUT2D eigenvalue weighted by Crippen LogP contribution is -2.35. The summed E-state index contributed by atoms with van der Waals surface area (Å²) in [4.78, 5) is 12.0. The van der Waals surface area contributed by atoms with Crippen molar-refractivity contribution in [3.8, 4) is 0 Å². The van der Waals surface area contributed by atoms with E-state index < -0.39 is 0 Å². The summed E-state index contributed by atoms with van der Waals surface area (Å²) in [5.41, 5.74) is 5.42. The minimum absolute atomic E-state index is 0. The minimum atomic E-state index is 0. The number of hydrogen-bond donors (Lipinski definition) is 2. The number of hydrogen-bond acceptors (Lipinski definition) is 2. The van der Waals surface area contributed by atoms with Gasteiger partial charge in [-0.15, -0.1) is 12.4 Å². The Balaban J connectivity index is 0.00000289. The first kappa shape index (κ1) is 17.7. The van der Waals surface area contributed by atoms with Crippen LogP contribution in [0.4, 0.5) is 0 Å². The second-order valence-corrected chi connectivity index (χ2v) is 5.31. The Morgan fingerprint density at radius 2 is 2.00 bits per heavy atom. The first-order valence-electron chi connectivity index (χ1n) is 7.25. The molecule has 1 saturated carbocycles. The van der Waals surface area contributed by atoms with Gasteiger partial charge in [-0.25, -0.2) is 0 Å². The van der Waals surface area contributed by atoms with Gasteiger partial charge in [0.2, 0.25) is 5.91 Å². The van der Waals surface area contributed by atoms with E-state index in [4.69, 9.17) is 5.73 Å². The van der Waals surface area contributed by atoms with Crippen molar-refractivity contribution in [2.75, 3.05) is 13.1 Å². The predicted molar refractivity (Wildman–Crippen MR) is 78.9 cm³/mol. The smallest absolute Gasteiger partial charge is 0.223 e. The summed E-state index contributed by atoms with van der Waals surface area (Å²) < 4.78 is 0. The monoisotopic (exact) mass is 276 g/mol. The summed E-state index contributed by atoms with van der Waals surface area (Å²) in [5.74, 6) is 1.22. The van der Waals surface area contributed by atoms with Gasteiger partial charge in [0.25, 0.3) is 0 Å². The molecule has 1 rings (SSSR count). The molecule has 1 atom stereocenters. The zero-order chi connectivity index (χ0) is 12.5. The molecule has 1 aliphatic rings. The van der Waals surface area contributed by atoms with E-state index in [1.807, 2.05) is 0 Å². The van der Waals surface area contributed by atoms with E-state index in [9.17, 15) is 4.79 Å². The van der Waals surface area contributed by atoms with E-state index in [1.54, 1.807) is 0 Å². The number of halogens is 1. The average molecular weight is 277 g/mol. The maximum absolute atomic E-state index is 12.0. The molecule has 3 N–H and O–H groups in total. The molecule has 0 saturated heterocycles. The van der Waals surface area contributed by atoms with Gasteiger partial charge in [-0.2, -0.15) is 0 Å². The summed E-state index contributed by atoms with van der Waals surface area (Å²) in [6, 6.07) is 0. The highest BCUT2D eigenvalue weighted by atomic mass is 35.5. The highest BCUT2D eigenvalue weighted by Crippen LogP contribution is 2.30. The van der Waals surface area contributed by atoms with E-state index in [0.29, 0.717) is 13.1 Å². The second-order valence-electron chi connectivity index (χ2n) is 5.31. The fourth-order valence-corrected chi connectivity index (χ4v) is 2.87. The van der Waals surface area contributed by atoms with Crippen molar-refractivity contribution < 1.29 is 4.79 Å². The van der Waals surface area contributed by atoms with Gasteiger partial charge in [0, 0.05) is 19.0 Å². The Bertz CT molecular complexity index is 218. The molecule has 1 aliphatic carbocycles. The van der Waals surface area contributed by atoms with E-state index >= 15 is 0 Å². The quantitative estimate of drug-likeness (QED) is 0.751. The summed E-state index contributed by atoms with van der Waals surface area (Å²) >= 11 is 0. The lowest BCUT2D eigenvalue weighted by molar-refractivity contribution is -0.125. The molecule has 1 fully saturated rings. The molecular formula is C14H29ClN2O. The average Bonchev–Trinajstić information content (AvgIpc) is 2.36. The zero-order valence-corrected chi connectivity index (χ0v) is 12.4. The molecule has 0 radical (unpaired) electrons. The topological polar surface area (TPSA) is 55.1 Å². The van der Waals surface area contributed by atoms with Crippen LogP contribution in [0.15, 0.2) is 0 Å². The van der Waals surface area contributed by atoms with Gasteiger partial charge in [-0.3, -0.25) is 4.79 Å². The van der Waals surface area contributed by atoms with Crippen LogP contribution in [0.2, 0.25) is 0 Å². The Morgan fingerprint density at radius 3 is 2.56 bits per heavy atom. The Kier molecular flexibility index (Phi) is 10.5. The van der Waals surface area contributed by atoms with Gasteiger partial charge in [0.1, 0.15) is 0 Å². The number of amides is 1. The van der Waals surface area contributed by atoms with Gasteiger partial charge >= 0.3 is 0 Å². The van der Waals surface area contributed by atoms with E-state index in [0.717, 1.165) is 25.2 Å². The molecule has 0 aliphatic heterocycles. The standard InChI is InChI=1S/C14H28N2O.ClH/c1-2-6-13(14(17)16-10-9-15)11-12-7-4-3-5-8-12;/h12-13H,2-11,15H2,1H3,(H,16,17);1H. The first-order valence-corrected chi connectivity index (χ1v) is 7.25. The van der Waals surface area contributed by atoms with Crippen LogP contribution >= 0.6 is 12.4 Å². The normalized spacial score (nSPS) is 17.9. The zero-order valence-electron chi connectivity index (χ0n) is 11.6. The highest BCUT2D eigenvalue weighted by Gasteiger charge is 2.23. The van der Waals surface area contributed by atoms with Crippen molar-refractivity contribution in [2.45, 2.75) is 58.3 Å². The molecular weight excluding hydrogens is 248 g/mol. The molecule has 0 aromatic carbocycles. The molecule has 4 heteroatoms. The van der Waals surface area contributed by atoms with Crippen LogP contribution in [0.1, 0.15) is 58.3 Å². The van der Waals surface area contributed by atoms with Crippen LogP contribution in [0.25, 0.3) is 0 Å². The highest BCUT2D eigenvalue weighted by molar-refractivity contribution is 5.85. The lowest BCUT2D eigenvalue weighted by atomic mass is 9.81. The summed E-state index contributed by atoms with van der Waals surface area (Å²) in [5, 5.41) is 2.94. The van der Waals surface area contributed by atoms with Crippen LogP contribution in [0.3, 0.4) is 0 Å². The first-order chi connectivity index (χ1) is 8.27. The van der Waals surface area contributed by atoms with Crippen molar-refractivity contribution in [2.24, 2.45) is 17.6 Å². The van der Waals surface area contributed by atoms with Gasteiger partial charge in [0.15, 0.2) is 0 Å². The fraction of sp³-hybridized carbons (Fsp3) is 0.929. The van der Waals surface area contributed by atoms with Gasteiger partial charge < -0.3 is 11.1 Å². The fourth-order valence-electron chi connectivity index (χ4n) is 2.87. The predicted octanol–water partition coefficient (Wildman–Crippen LogP) is 2.87. The number of nitrogens with two attached hydrogens (primary N) is 1. The van der Waals surface area contributed by atoms with Crippen LogP contribution in [-0.4, -0.2) is 19.0 Å². The molecule has 0 bridgehead atoms. The molecule has 1 amide bonds. The van der Waals surface area contributed by atoms with Crippen LogP contribution in [-0.2, 0) is 4.79 Å². The van der Waals surface area contributed by atoms with Crippen molar-refractivity contribution in [1.29, 1.82) is 0 Å². The summed E-state index contributed by atoms with van der Waals surface area (Å²) in [7, 11) is 0. The van der Waals surface area contributed by atoms with Crippen LogP contribution in [0.5, 0.6) is 0 Å². The third-order valence-corrected chi connectivity index (χ3v) is 3.79. The molecule has 108 valence electrons. The largest absolute Gasteiger partial charge is 0.355 e. The van der Waals surface area contributed by atoms with E-state index in [-0.39, 0.29) is 24.2 Å². The van der Waals surface area contributed by atoms with Crippen molar-refractivity contribution in [1.82, 2.24) is 5.32 Å². The number of carbonyl (C=O) groups excluding carboxylic acids is 1. The van der Waals surface area contributed by atoms with Crippen LogP contribution < -0.4 is 11.1 Å². The maximum Gasteiger partial charge on any atom is 0.223 e. The van der Waals surface area contributed by atoms with E-state index in [1.165, 1.54) is 32.1 Å². The van der Waals surface area contributed by atoms with E-state index in [2.05, 4.69) is 12.2 Å². The molecule has 18 heavy (non-hydrogen) atoms. The van der Waals surface area contributed by atoms with Crippen molar-refractivity contribution in [3.63, 3.8) is 0 Å². The molecule has 3 nitrogen and oxygen atoms in total. The Morgan fingerprint density at radius 1 is 1.33 bits per heavy atom. The maximum atomic E-state index is 12.0. The SMILES string of the molecule is CCCC(CC1CCCCC1)C(=O)NCCN.Cl. The van der Waals surface area contributed by atoms with Gasteiger partial charge in [-0.05, 0) is 18.8 Å². The minimum Gasteiger partial charge on any atom is -0.355 e. The number of rotatable bonds is 7. The molecule has 0 heterocycles. The summed E-state index contributed by atoms with van der Waals surface area (Å²) in [6.07, 6.45) is 9.94. The van der Waals surface area contributed by atoms with Gasteiger partial charge in [-0.1, -0.05) is 45.4 Å².